The van der Waals surface area contributed by atoms with Gasteiger partial charge < -0.3 is 10.1 Å². The van der Waals surface area contributed by atoms with E-state index in [0.29, 0.717) is 18.1 Å². The molecule has 2 heteroatoms. The molecule has 1 fully saturated rings. The molecule has 1 unspecified atom stereocenters. The lowest BCUT2D eigenvalue weighted by molar-refractivity contribution is 0.184. The first-order valence-electron chi connectivity index (χ1n) is 6.98. The quantitative estimate of drug-likeness (QED) is 0.863. The average Bonchev–Trinajstić information content (AvgIpc) is 2.80. The molecule has 0 saturated carbocycles. The predicted molar refractivity (Wildman–Crippen MR) is 75.7 cm³/mol. The van der Waals surface area contributed by atoms with Gasteiger partial charge in [0.05, 0.1) is 6.61 Å². The fraction of sp³-hybridized carbons (Fsp3) is 0.625. The number of methoxy groups -OCH3 is 1. The van der Waals surface area contributed by atoms with E-state index in [2.05, 4.69) is 43.4 Å². The SMILES string of the molecule is COCc1cccc(CC2(C(C)C)CCCN2)c1. The van der Waals surface area contributed by atoms with Crippen molar-refractivity contribution in [3.63, 3.8) is 0 Å². The maximum absolute atomic E-state index is 5.21. The summed E-state index contributed by atoms with van der Waals surface area (Å²) in [5.41, 5.74) is 2.99. The van der Waals surface area contributed by atoms with Crippen LogP contribution in [0.4, 0.5) is 0 Å². The lowest BCUT2D eigenvalue weighted by Crippen LogP contribution is -2.46. The van der Waals surface area contributed by atoms with Gasteiger partial charge in [0, 0.05) is 12.6 Å². The summed E-state index contributed by atoms with van der Waals surface area (Å²) in [6.45, 7) is 6.53. The van der Waals surface area contributed by atoms with Gasteiger partial charge in [-0.15, -0.1) is 0 Å². The maximum atomic E-state index is 5.21. The fourth-order valence-electron chi connectivity index (χ4n) is 3.04. The van der Waals surface area contributed by atoms with E-state index in [9.17, 15) is 0 Å². The molecule has 1 aliphatic rings. The van der Waals surface area contributed by atoms with E-state index >= 15 is 0 Å². The minimum Gasteiger partial charge on any atom is -0.380 e. The van der Waals surface area contributed by atoms with Crippen LogP contribution in [-0.4, -0.2) is 19.2 Å². The highest BCUT2D eigenvalue weighted by Gasteiger charge is 2.36. The summed E-state index contributed by atoms with van der Waals surface area (Å²) in [5, 5.41) is 3.74. The fourth-order valence-corrected chi connectivity index (χ4v) is 3.04. The molecule has 18 heavy (non-hydrogen) atoms. The largest absolute Gasteiger partial charge is 0.380 e. The zero-order valence-electron chi connectivity index (χ0n) is 11.8. The Morgan fingerprint density at radius 3 is 2.72 bits per heavy atom. The van der Waals surface area contributed by atoms with Gasteiger partial charge in [-0.1, -0.05) is 38.1 Å². The second kappa shape index (κ2) is 5.85. The molecule has 0 spiro atoms. The van der Waals surface area contributed by atoms with Crippen molar-refractivity contribution in [3.8, 4) is 0 Å². The van der Waals surface area contributed by atoms with E-state index < -0.39 is 0 Å². The van der Waals surface area contributed by atoms with Crippen molar-refractivity contribution in [2.75, 3.05) is 13.7 Å². The summed E-state index contributed by atoms with van der Waals surface area (Å²) in [6.07, 6.45) is 3.72. The number of hydrogen-bond donors (Lipinski definition) is 1. The van der Waals surface area contributed by atoms with Gasteiger partial charge in [-0.25, -0.2) is 0 Å². The Bertz CT molecular complexity index is 380. The van der Waals surface area contributed by atoms with E-state index in [0.717, 1.165) is 13.0 Å². The average molecular weight is 247 g/mol. The summed E-state index contributed by atoms with van der Waals surface area (Å²) < 4.78 is 5.21. The highest BCUT2D eigenvalue weighted by Crippen LogP contribution is 2.31. The molecule has 2 nitrogen and oxygen atoms in total. The molecule has 2 rings (SSSR count). The third-order valence-corrected chi connectivity index (χ3v) is 4.20. The van der Waals surface area contributed by atoms with E-state index in [4.69, 9.17) is 4.74 Å². The molecule has 0 amide bonds. The van der Waals surface area contributed by atoms with E-state index in [1.54, 1.807) is 7.11 Å². The Morgan fingerprint density at radius 2 is 2.11 bits per heavy atom. The van der Waals surface area contributed by atoms with Crippen LogP contribution in [-0.2, 0) is 17.8 Å². The number of hydrogen-bond acceptors (Lipinski definition) is 2. The van der Waals surface area contributed by atoms with Gasteiger partial charge in [-0.3, -0.25) is 0 Å². The molecule has 1 saturated heterocycles. The van der Waals surface area contributed by atoms with Gasteiger partial charge in [-0.2, -0.15) is 0 Å². The summed E-state index contributed by atoms with van der Waals surface area (Å²) in [6, 6.07) is 8.81. The first kappa shape index (κ1) is 13.6. The van der Waals surface area contributed by atoms with Gasteiger partial charge >= 0.3 is 0 Å². The van der Waals surface area contributed by atoms with Crippen molar-refractivity contribution >= 4 is 0 Å². The van der Waals surface area contributed by atoms with Crippen LogP contribution in [0.15, 0.2) is 24.3 Å². The highest BCUT2D eigenvalue weighted by atomic mass is 16.5. The molecule has 0 aliphatic carbocycles. The van der Waals surface area contributed by atoms with Crippen LogP contribution in [0.1, 0.15) is 37.8 Å². The molecule has 1 aromatic rings. The normalized spacial score (nSPS) is 23.8. The molecule has 1 aliphatic heterocycles. The molecular formula is C16H25NO. The van der Waals surface area contributed by atoms with Crippen molar-refractivity contribution in [3.05, 3.63) is 35.4 Å². The van der Waals surface area contributed by atoms with Gasteiger partial charge in [-0.05, 0) is 42.9 Å². The van der Waals surface area contributed by atoms with Crippen LogP contribution in [0, 0.1) is 5.92 Å². The molecule has 100 valence electrons. The maximum Gasteiger partial charge on any atom is 0.0713 e. The first-order valence-corrected chi connectivity index (χ1v) is 6.98. The lowest BCUT2D eigenvalue weighted by Gasteiger charge is -2.34. The third kappa shape index (κ3) is 2.93. The van der Waals surface area contributed by atoms with Crippen LogP contribution < -0.4 is 5.32 Å². The second-order valence-electron chi connectivity index (χ2n) is 5.77. The summed E-state index contributed by atoms with van der Waals surface area (Å²) in [5.74, 6) is 0.672. The number of ether oxygens (including phenoxy) is 1. The standard InChI is InChI=1S/C16H25NO/c1-13(2)16(8-5-9-17-16)11-14-6-4-7-15(10-14)12-18-3/h4,6-7,10,13,17H,5,8-9,11-12H2,1-3H3. The van der Waals surface area contributed by atoms with Crippen LogP contribution in [0.25, 0.3) is 0 Å². The van der Waals surface area contributed by atoms with Gasteiger partial charge in [0.15, 0.2) is 0 Å². The summed E-state index contributed by atoms with van der Waals surface area (Å²) in [4.78, 5) is 0. The molecule has 1 N–H and O–H groups in total. The molecular weight excluding hydrogens is 222 g/mol. The Hall–Kier alpha value is -0.860. The van der Waals surface area contributed by atoms with Crippen LogP contribution in [0.3, 0.4) is 0 Å². The minimum atomic E-state index is 0.297. The van der Waals surface area contributed by atoms with Crippen LogP contribution in [0.5, 0.6) is 0 Å². The van der Waals surface area contributed by atoms with E-state index in [-0.39, 0.29) is 0 Å². The highest BCUT2D eigenvalue weighted by molar-refractivity contribution is 5.25. The van der Waals surface area contributed by atoms with Crippen LogP contribution >= 0.6 is 0 Å². The molecule has 1 aromatic carbocycles. The van der Waals surface area contributed by atoms with E-state index in [1.807, 2.05) is 0 Å². The summed E-state index contributed by atoms with van der Waals surface area (Å²) >= 11 is 0. The predicted octanol–water partition coefficient (Wildman–Crippen LogP) is 3.15. The van der Waals surface area contributed by atoms with Crippen LogP contribution in [0.2, 0.25) is 0 Å². The Morgan fingerprint density at radius 1 is 1.33 bits per heavy atom. The zero-order valence-corrected chi connectivity index (χ0v) is 11.8. The number of nitrogens with one attached hydrogen (secondary N) is 1. The minimum absolute atomic E-state index is 0.297. The van der Waals surface area contributed by atoms with Gasteiger partial charge in [0.1, 0.15) is 0 Å². The zero-order chi connectivity index (χ0) is 13.0. The van der Waals surface area contributed by atoms with Crippen molar-refractivity contribution in [2.24, 2.45) is 5.92 Å². The third-order valence-electron chi connectivity index (χ3n) is 4.20. The van der Waals surface area contributed by atoms with Crippen molar-refractivity contribution < 1.29 is 4.74 Å². The van der Waals surface area contributed by atoms with Crippen molar-refractivity contribution in [1.82, 2.24) is 5.32 Å². The smallest absolute Gasteiger partial charge is 0.0713 e. The Kier molecular flexibility index (Phi) is 4.41. The molecule has 0 aromatic heterocycles. The topological polar surface area (TPSA) is 21.3 Å². The van der Waals surface area contributed by atoms with Gasteiger partial charge in [0.2, 0.25) is 0 Å². The second-order valence-corrected chi connectivity index (χ2v) is 5.77. The lowest BCUT2D eigenvalue weighted by atomic mass is 9.79. The molecule has 0 bridgehead atoms. The molecule has 1 heterocycles. The van der Waals surface area contributed by atoms with Crippen molar-refractivity contribution in [1.29, 1.82) is 0 Å². The van der Waals surface area contributed by atoms with Crippen molar-refractivity contribution in [2.45, 2.75) is 45.3 Å². The Labute approximate surface area is 111 Å². The number of benzene rings is 1. The molecule has 1 atom stereocenters. The first-order chi connectivity index (χ1) is 8.66. The molecule has 0 radical (unpaired) electrons. The monoisotopic (exact) mass is 247 g/mol. The Balaban J connectivity index is 2.14. The summed E-state index contributed by atoms with van der Waals surface area (Å²) in [7, 11) is 1.75. The van der Waals surface area contributed by atoms with E-state index in [1.165, 1.54) is 24.0 Å². The van der Waals surface area contributed by atoms with Gasteiger partial charge in [0.25, 0.3) is 0 Å². The number of rotatable bonds is 5.